The highest BCUT2D eigenvalue weighted by Gasteiger charge is 2.18. The minimum absolute atomic E-state index is 0.119. The number of nitriles is 1. The second kappa shape index (κ2) is 6.57. The molecule has 0 fully saturated rings. The number of carbonyl (C=O) groups is 2. The maximum absolute atomic E-state index is 13.3. The fourth-order valence-corrected chi connectivity index (χ4v) is 1.55. The first-order valence-electron chi connectivity index (χ1n) is 6.04. The van der Waals surface area contributed by atoms with Crippen molar-refractivity contribution in [3.05, 3.63) is 64.7 Å². The zero-order valence-electron chi connectivity index (χ0n) is 11.2. The predicted molar refractivity (Wildman–Crippen MR) is 70.2 cm³/mol. The van der Waals surface area contributed by atoms with Gasteiger partial charge in [-0.15, -0.1) is 0 Å². The number of halogens is 3. The maximum Gasteiger partial charge on any atom is 0.274 e. The minimum Gasteiger partial charge on any atom is -0.267 e. The van der Waals surface area contributed by atoms with E-state index in [0.29, 0.717) is 11.6 Å². The largest absolute Gasteiger partial charge is 0.274 e. The van der Waals surface area contributed by atoms with Gasteiger partial charge < -0.3 is 0 Å². The Bertz CT molecular complexity index is 816. The molecule has 0 bridgehead atoms. The van der Waals surface area contributed by atoms with Crippen LogP contribution < -0.4 is 10.9 Å². The molecule has 2 aromatic rings. The zero-order chi connectivity index (χ0) is 17.0. The van der Waals surface area contributed by atoms with Crippen LogP contribution in [0.2, 0.25) is 0 Å². The van der Waals surface area contributed by atoms with Gasteiger partial charge in [0.15, 0.2) is 5.82 Å². The first-order chi connectivity index (χ1) is 10.9. The van der Waals surface area contributed by atoms with Gasteiger partial charge in [-0.25, -0.2) is 4.39 Å². The van der Waals surface area contributed by atoms with Gasteiger partial charge in [0.1, 0.15) is 0 Å². The van der Waals surface area contributed by atoms with Gasteiger partial charge in [-0.05, 0) is 30.3 Å². The molecule has 2 N–H and O–H groups in total. The van der Waals surface area contributed by atoms with Crippen LogP contribution in [-0.2, 0) is 0 Å². The summed E-state index contributed by atoms with van der Waals surface area (Å²) < 4.78 is 38.9. The van der Waals surface area contributed by atoms with Crippen molar-refractivity contribution in [3.63, 3.8) is 0 Å². The molecule has 0 saturated carbocycles. The molecule has 1 aromatic carbocycles. The lowest BCUT2D eigenvalue weighted by atomic mass is 10.1. The van der Waals surface area contributed by atoms with Crippen LogP contribution >= 0.6 is 0 Å². The van der Waals surface area contributed by atoms with E-state index in [2.05, 4.69) is 4.98 Å². The monoisotopic (exact) mass is 320 g/mol. The number of benzene rings is 1. The number of hydrazine groups is 1. The fraction of sp³-hybridized carbons (Fsp3) is 0. The van der Waals surface area contributed by atoms with Crippen molar-refractivity contribution in [2.45, 2.75) is 0 Å². The second-order valence-corrected chi connectivity index (χ2v) is 4.20. The average Bonchev–Trinajstić information content (AvgIpc) is 2.55. The van der Waals surface area contributed by atoms with Crippen LogP contribution in [0.5, 0.6) is 0 Å². The molecule has 0 spiro atoms. The first kappa shape index (κ1) is 16.0. The summed E-state index contributed by atoms with van der Waals surface area (Å²) in [5, 5.41) is 8.63. The third-order valence-electron chi connectivity index (χ3n) is 2.70. The van der Waals surface area contributed by atoms with Gasteiger partial charge in [0.25, 0.3) is 17.8 Å². The number of hydrogen-bond acceptors (Lipinski definition) is 4. The lowest BCUT2D eigenvalue weighted by molar-refractivity contribution is 0.0843. The topological polar surface area (TPSA) is 94.9 Å². The smallest absolute Gasteiger partial charge is 0.267 e. The lowest BCUT2D eigenvalue weighted by Crippen LogP contribution is -2.42. The molecule has 0 aliphatic rings. The van der Waals surface area contributed by atoms with Crippen molar-refractivity contribution >= 4 is 11.8 Å². The Kier molecular flexibility index (Phi) is 4.56. The summed E-state index contributed by atoms with van der Waals surface area (Å²) >= 11 is 0. The third kappa shape index (κ3) is 3.62. The summed E-state index contributed by atoms with van der Waals surface area (Å²) in [6.45, 7) is 0. The van der Waals surface area contributed by atoms with Gasteiger partial charge in [-0.3, -0.25) is 20.4 Å². The van der Waals surface area contributed by atoms with Gasteiger partial charge >= 0.3 is 0 Å². The second-order valence-electron chi connectivity index (χ2n) is 4.20. The molecule has 1 aromatic heterocycles. The molecule has 9 heteroatoms. The van der Waals surface area contributed by atoms with Gasteiger partial charge in [-0.2, -0.15) is 19.0 Å². The standard InChI is InChI=1S/C14H7F3N4O2/c15-10-5-9(11(16)19-12(10)17)14(23)21-20-13(22)8-3-1-7(6-18)2-4-8/h1-5H,(H,20,22)(H,21,23). The Morgan fingerprint density at radius 3 is 2.22 bits per heavy atom. The van der Waals surface area contributed by atoms with Gasteiger partial charge in [0, 0.05) is 5.56 Å². The number of pyridine rings is 1. The molecule has 0 saturated heterocycles. The van der Waals surface area contributed by atoms with Crippen molar-refractivity contribution in [2.24, 2.45) is 0 Å². The fourth-order valence-electron chi connectivity index (χ4n) is 1.55. The van der Waals surface area contributed by atoms with Crippen molar-refractivity contribution in [1.29, 1.82) is 5.26 Å². The predicted octanol–water partition coefficient (Wildman–Crippen LogP) is 1.45. The molecule has 2 rings (SSSR count). The molecule has 116 valence electrons. The van der Waals surface area contributed by atoms with Gasteiger partial charge in [-0.1, -0.05) is 0 Å². The van der Waals surface area contributed by atoms with Crippen LogP contribution in [-0.4, -0.2) is 16.8 Å². The molecular weight excluding hydrogens is 313 g/mol. The number of hydrogen-bond donors (Lipinski definition) is 2. The number of amides is 2. The summed E-state index contributed by atoms with van der Waals surface area (Å²) in [5.41, 5.74) is 3.39. The van der Waals surface area contributed by atoms with Crippen molar-refractivity contribution in [2.75, 3.05) is 0 Å². The number of nitrogens with zero attached hydrogens (tertiary/aromatic N) is 2. The molecule has 23 heavy (non-hydrogen) atoms. The molecule has 6 nitrogen and oxygen atoms in total. The van der Waals surface area contributed by atoms with Crippen LogP contribution in [0.3, 0.4) is 0 Å². The van der Waals surface area contributed by atoms with E-state index in [1.54, 1.807) is 0 Å². The van der Waals surface area contributed by atoms with E-state index in [1.165, 1.54) is 24.3 Å². The Balaban J connectivity index is 2.05. The maximum atomic E-state index is 13.3. The van der Waals surface area contributed by atoms with Crippen molar-refractivity contribution < 1.29 is 22.8 Å². The van der Waals surface area contributed by atoms with Gasteiger partial charge in [0.05, 0.1) is 17.2 Å². The normalized spacial score (nSPS) is 9.83. The molecular formula is C14H7F3N4O2. The van der Waals surface area contributed by atoms with E-state index in [1.807, 2.05) is 16.9 Å². The van der Waals surface area contributed by atoms with Crippen LogP contribution in [0.25, 0.3) is 0 Å². The number of nitrogens with one attached hydrogen (secondary N) is 2. The lowest BCUT2D eigenvalue weighted by Gasteiger charge is -2.08. The Morgan fingerprint density at radius 2 is 1.61 bits per heavy atom. The average molecular weight is 320 g/mol. The molecule has 0 aliphatic heterocycles. The van der Waals surface area contributed by atoms with E-state index >= 15 is 0 Å². The number of carbonyl (C=O) groups excluding carboxylic acids is 2. The summed E-state index contributed by atoms with van der Waals surface area (Å²) in [6, 6.07) is 7.62. The van der Waals surface area contributed by atoms with Crippen LogP contribution in [0.1, 0.15) is 26.3 Å². The number of rotatable bonds is 2. The Morgan fingerprint density at radius 1 is 1.00 bits per heavy atom. The van der Waals surface area contributed by atoms with Crippen molar-refractivity contribution in [3.8, 4) is 6.07 Å². The zero-order valence-corrected chi connectivity index (χ0v) is 11.2. The Labute approximate surface area is 127 Å². The molecule has 0 unspecified atom stereocenters. The van der Waals surface area contributed by atoms with Crippen LogP contribution in [0.15, 0.2) is 30.3 Å². The SMILES string of the molecule is N#Cc1ccc(C(=O)NNC(=O)c2cc(F)c(F)nc2F)cc1. The number of aromatic nitrogens is 1. The molecule has 0 aliphatic carbocycles. The molecule has 0 radical (unpaired) electrons. The summed E-state index contributed by atoms with van der Waals surface area (Å²) in [6.07, 6.45) is 0. The van der Waals surface area contributed by atoms with Gasteiger partial charge in [0.2, 0.25) is 5.95 Å². The molecule has 1 heterocycles. The molecule has 0 atom stereocenters. The van der Waals surface area contributed by atoms with Crippen LogP contribution in [0, 0.1) is 29.0 Å². The Hall–Kier alpha value is -3.41. The van der Waals surface area contributed by atoms with E-state index < -0.39 is 35.1 Å². The van der Waals surface area contributed by atoms with E-state index in [4.69, 9.17) is 5.26 Å². The summed E-state index contributed by atoms with van der Waals surface area (Å²) in [5.74, 6) is -6.67. The highest BCUT2D eigenvalue weighted by Crippen LogP contribution is 2.10. The highest BCUT2D eigenvalue weighted by atomic mass is 19.2. The summed E-state index contributed by atoms with van der Waals surface area (Å²) in [7, 11) is 0. The van der Waals surface area contributed by atoms with E-state index in [9.17, 15) is 22.8 Å². The van der Waals surface area contributed by atoms with E-state index in [0.717, 1.165) is 0 Å². The molecule has 2 amide bonds. The highest BCUT2D eigenvalue weighted by molar-refractivity contribution is 5.99. The first-order valence-corrected chi connectivity index (χ1v) is 6.04. The van der Waals surface area contributed by atoms with Crippen LogP contribution in [0.4, 0.5) is 13.2 Å². The van der Waals surface area contributed by atoms with E-state index in [-0.39, 0.29) is 5.56 Å². The minimum atomic E-state index is -1.68. The quantitative estimate of drug-likeness (QED) is 0.647. The van der Waals surface area contributed by atoms with Crippen molar-refractivity contribution in [1.82, 2.24) is 15.8 Å². The third-order valence-corrected chi connectivity index (χ3v) is 2.70. The summed E-state index contributed by atoms with van der Waals surface area (Å²) in [4.78, 5) is 25.9.